The van der Waals surface area contributed by atoms with Crippen molar-refractivity contribution in [1.82, 2.24) is 0 Å². The van der Waals surface area contributed by atoms with Crippen LogP contribution >= 0.6 is 15.9 Å². The first-order valence-corrected chi connectivity index (χ1v) is 6.19. The number of benzene rings is 1. The van der Waals surface area contributed by atoms with Crippen molar-refractivity contribution in [2.24, 2.45) is 0 Å². The van der Waals surface area contributed by atoms with Crippen molar-refractivity contribution >= 4 is 33.5 Å². The molecule has 0 radical (unpaired) electrons. The number of carbonyl (C=O) groups is 2. The first-order chi connectivity index (χ1) is 7.99. The molecule has 90 valence electrons. The lowest BCUT2D eigenvalue weighted by atomic mass is 10.1. The van der Waals surface area contributed by atoms with E-state index in [1.165, 1.54) is 0 Å². The van der Waals surface area contributed by atoms with E-state index in [-0.39, 0.29) is 16.3 Å². The molecule has 4 nitrogen and oxygen atoms in total. The highest BCUT2D eigenvalue weighted by molar-refractivity contribution is 9.09. The highest BCUT2D eigenvalue weighted by Crippen LogP contribution is 2.26. The predicted octanol–water partition coefficient (Wildman–Crippen LogP) is 2.19. The molecule has 1 aromatic carbocycles. The maximum absolute atomic E-state index is 11.7. The summed E-state index contributed by atoms with van der Waals surface area (Å²) in [5, 5.41) is 9.04. The largest absolute Gasteiger partial charge is 0.478 e. The molecule has 1 aromatic rings. The van der Waals surface area contributed by atoms with Gasteiger partial charge >= 0.3 is 5.97 Å². The average Bonchev–Trinajstić information content (AvgIpc) is 2.58. The standard InChI is InChI=1S/C12H12BrNO3/c1-7-2-3-9(5-10(7)12(16)17)14-6-8(13)4-11(14)15/h2-3,5,8H,4,6H2,1H3,(H,16,17). The molecule has 1 amide bonds. The fourth-order valence-corrected chi connectivity index (χ4v) is 2.49. The van der Waals surface area contributed by atoms with Crippen molar-refractivity contribution in [2.75, 3.05) is 11.4 Å². The van der Waals surface area contributed by atoms with Crippen LogP contribution in [-0.2, 0) is 4.79 Å². The van der Waals surface area contributed by atoms with Gasteiger partial charge < -0.3 is 10.0 Å². The number of rotatable bonds is 2. The van der Waals surface area contributed by atoms with Crippen LogP contribution in [0.4, 0.5) is 5.69 Å². The van der Waals surface area contributed by atoms with E-state index in [1.807, 2.05) is 0 Å². The Kier molecular flexibility index (Phi) is 3.19. The van der Waals surface area contributed by atoms with Crippen molar-refractivity contribution in [2.45, 2.75) is 18.2 Å². The molecule has 0 bridgehead atoms. The van der Waals surface area contributed by atoms with Crippen molar-refractivity contribution in [1.29, 1.82) is 0 Å². The maximum atomic E-state index is 11.7. The Morgan fingerprint density at radius 3 is 2.76 bits per heavy atom. The van der Waals surface area contributed by atoms with Gasteiger partial charge in [0.05, 0.1) is 5.56 Å². The van der Waals surface area contributed by atoms with Crippen molar-refractivity contribution < 1.29 is 14.7 Å². The lowest BCUT2D eigenvalue weighted by Crippen LogP contribution is -2.24. The molecule has 17 heavy (non-hydrogen) atoms. The Hall–Kier alpha value is -1.36. The third kappa shape index (κ3) is 2.34. The van der Waals surface area contributed by atoms with E-state index >= 15 is 0 Å². The van der Waals surface area contributed by atoms with E-state index in [1.54, 1.807) is 30.0 Å². The molecule has 0 aromatic heterocycles. The van der Waals surface area contributed by atoms with Gasteiger partial charge in [0.15, 0.2) is 0 Å². The summed E-state index contributed by atoms with van der Waals surface area (Å²) in [5.74, 6) is -0.946. The third-order valence-corrected chi connectivity index (χ3v) is 3.45. The van der Waals surface area contributed by atoms with E-state index in [2.05, 4.69) is 15.9 Å². The number of aromatic carboxylic acids is 1. The van der Waals surface area contributed by atoms with Crippen molar-refractivity contribution in [3.05, 3.63) is 29.3 Å². The zero-order valence-corrected chi connectivity index (χ0v) is 10.9. The molecule has 1 aliphatic heterocycles. The molecule has 0 aliphatic carbocycles. The van der Waals surface area contributed by atoms with Gasteiger partial charge in [-0.2, -0.15) is 0 Å². The number of carboxylic acids is 1. The van der Waals surface area contributed by atoms with Gasteiger partial charge in [-0.15, -0.1) is 0 Å². The summed E-state index contributed by atoms with van der Waals surface area (Å²) in [4.78, 5) is 24.5. The zero-order chi connectivity index (χ0) is 12.6. The summed E-state index contributed by atoms with van der Waals surface area (Å²) in [6.45, 7) is 2.33. The third-order valence-electron chi connectivity index (χ3n) is 2.84. The van der Waals surface area contributed by atoms with Gasteiger partial charge in [0.1, 0.15) is 0 Å². The fraction of sp³-hybridized carbons (Fsp3) is 0.333. The highest BCUT2D eigenvalue weighted by atomic mass is 79.9. The van der Waals surface area contributed by atoms with Crippen molar-refractivity contribution in [3.63, 3.8) is 0 Å². The molecular formula is C12H12BrNO3. The maximum Gasteiger partial charge on any atom is 0.336 e. The van der Waals surface area contributed by atoms with Gasteiger partial charge in [-0.25, -0.2) is 4.79 Å². The van der Waals surface area contributed by atoms with Gasteiger partial charge in [-0.3, -0.25) is 4.79 Å². The van der Waals surface area contributed by atoms with Crippen LogP contribution in [0.5, 0.6) is 0 Å². The molecule has 1 fully saturated rings. The van der Waals surface area contributed by atoms with Gasteiger partial charge in [-0.1, -0.05) is 22.0 Å². The summed E-state index contributed by atoms with van der Waals surface area (Å²) in [6, 6.07) is 5.07. The molecule has 1 saturated heterocycles. The van der Waals surface area contributed by atoms with E-state index in [0.717, 1.165) is 0 Å². The first kappa shape index (κ1) is 12.1. The Morgan fingerprint density at radius 2 is 2.24 bits per heavy atom. The second kappa shape index (κ2) is 4.49. The highest BCUT2D eigenvalue weighted by Gasteiger charge is 2.29. The number of aryl methyl sites for hydroxylation is 1. The van der Waals surface area contributed by atoms with Gasteiger partial charge in [0.25, 0.3) is 0 Å². The number of halogens is 1. The van der Waals surface area contributed by atoms with Gasteiger partial charge in [0.2, 0.25) is 5.91 Å². The normalized spacial score (nSPS) is 19.8. The minimum Gasteiger partial charge on any atom is -0.478 e. The molecule has 0 spiro atoms. The average molecular weight is 298 g/mol. The van der Waals surface area contributed by atoms with Crippen LogP contribution in [0.25, 0.3) is 0 Å². The molecular weight excluding hydrogens is 286 g/mol. The monoisotopic (exact) mass is 297 g/mol. The number of carboxylic acid groups (broad SMARTS) is 1. The van der Waals surface area contributed by atoms with Crippen molar-refractivity contribution in [3.8, 4) is 0 Å². The first-order valence-electron chi connectivity index (χ1n) is 5.27. The molecule has 1 aliphatic rings. The second-order valence-electron chi connectivity index (χ2n) is 4.11. The molecule has 5 heteroatoms. The minimum absolute atomic E-state index is 0.0204. The van der Waals surface area contributed by atoms with Crippen LogP contribution < -0.4 is 4.90 Å². The summed E-state index contributed by atoms with van der Waals surface area (Å²) in [7, 11) is 0. The van der Waals surface area contributed by atoms with E-state index in [9.17, 15) is 9.59 Å². The smallest absolute Gasteiger partial charge is 0.336 e. The number of hydrogen-bond donors (Lipinski definition) is 1. The number of amides is 1. The SMILES string of the molecule is Cc1ccc(N2CC(Br)CC2=O)cc1C(=O)O. The molecule has 2 rings (SSSR count). The van der Waals surface area contributed by atoms with Crippen LogP contribution in [0.1, 0.15) is 22.3 Å². The number of alkyl halides is 1. The number of hydrogen-bond acceptors (Lipinski definition) is 2. The lowest BCUT2D eigenvalue weighted by Gasteiger charge is -2.17. The predicted molar refractivity (Wildman–Crippen MR) is 67.8 cm³/mol. The number of nitrogens with zero attached hydrogens (tertiary/aromatic N) is 1. The lowest BCUT2D eigenvalue weighted by molar-refractivity contribution is -0.117. The van der Waals surface area contributed by atoms with Crippen LogP contribution in [0.3, 0.4) is 0 Å². The van der Waals surface area contributed by atoms with E-state index in [4.69, 9.17) is 5.11 Å². The summed E-state index contributed by atoms with van der Waals surface area (Å²) < 4.78 is 0. The molecule has 1 unspecified atom stereocenters. The summed E-state index contributed by atoms with van der Waals surface area (Å²) in [5.41, 5.74) is 1.59. The number of carbonyl (C=O) groups excluding carboxylic acids is 1. The second-order valence-corrected chi connectivity index (χ2v) is 5.41. The number of anilines is 1. The van der Waals surface area contributed by atoms with E-state index in [0.29, 0.717) is 24.2 Å². The van der Waals surface area contributed by atoms with Crippen LogP contribution in [-0.4, -0.2) is 28.4 Å². The molecule has 0 saturated carbocycles. The Labute approximate surface area is 107 Å². The molecule has 1 N–H and O–H groups in total. The minimum atomic E-state index is -0.966. The molecule has 1 atom stereocenters. The van der Waals surface area contributed by atoms with Crippen LogP contribution in [0.2, 0.25) is 0 Å². The Morgan fingerprint density at radius 1 is 1.53 bits per heavy atom. The van der Waals surface area contributed by atoms with Gasteiger partial charge in [-0.05, 0) is 24.6 Å². The fourth-order valence-electron chi connectivity index (χ4n) is 1.92. The topological polar surface area (TPSA) is 57.6 Å². The quantitative estimate of drug-likeness (QED) is 0.852. The Bertz CT molecular complexity index is 487. The van der Waals surface area contributed by atoms with Crippen LogP contribution in [0, 0.1) is 6.92 Å². The zero-order valence-electron chi connectivity index (χ0n) is 9.31. The summed E-state index contributed by atoms with van der Waals surface area (Å²) >= 11 is 3.40. The van der Waals surface area contributed by atoms with E-state index < -0.39 is 5.97 Å². The summed E-state index contributed by atoms with van der Waals surface area (Å²) in [6.07, 6.45) is 0.455. The Balaban J connectivity index is 2.37. The molecule has 1 heterocycles. The van der Waals surface area contributed by atoms with Crippen LogP contribution in [0.15, 0.2) is 18.2 Å². The van der Waals surface area contributed by atoms with Gasteiger partial charge in [0, 0.05) is 23.5 Å².